The Morgan fingerprint density at radius 1 is 0.683 bits per heavy atom. The summed E-state index contributed by atoms with van der Waals surface area (Å²) in [6, 6.07) is 32.0. The van der Waals surface area contributed by atoms with Gasteiger partial charge in [0.05, 0.1) is 21.4 Å². The van der Waals surface area contributed by atoms with Gasteiger partial charge in [-0.25, -0.2) is 4.98 Å². The molecule has 0 bridgehead atoms. The van der Waals surface area contributed by atoms with Crippen LogP contribution in [0.5, 0.6) is 0 Å². The van der Waals surface area contributed by atoms with Crippen LogP contribution < -0.4 is 0 Å². The zero-order chi connectivity index (χ0) is 28.8. The third-order valence-corrected chi connectivity index (χ3v) is 8.59. The molecule has 6 rings (SSSR count). The van der Waals surface area contributed by atoms with Crippen molar-refractivity contribution in [2.24, 2.45) is 4.99 Å². The minimum atomic E-state index is 0.0562. The number of thiazole rings is 1. The SMILES string of the molecule is CC(C)(C)c1cc(C=Nc2ccccc2-c2nc3c(-c4ccnc5ccccc45)cccc3s2)cc(C(C)(C)C)c1. The molecule has 0 spiro atoms. The predicted molar refractivity (Wildman–Crippen MR) is 177 cm³/mol. The molecule has 204 valence electrons. The van der Waals surface area contributed by atoms with E-state index < -0.39 is 0 Å². The van der Waals surface area contributed by atoms with Gasteiger partial charge in [0.2, 0.25) is 0 Å². The van der Waals surface area contributed by atoms with Gasteiger partial charge in [-0.1, -0.05) is 90.1 Å². The summed E-state index contributed by atoms with van der Waals surface area (Å²) in [4.78, 5) is 14.8. The van der Waals surface area contributed by atoms with Crippen LogP contribution in [0.3, 0.4) is 0 Å². The van der Waals surface area contributed by atoms with Gasteiger partial charge in [-0.3, -0.25) is 9.98 Å². The topological polar surface area (TPSA) is 38.1 Å². The minimum absolute atomic E-state index is 0.0562. The van der Waals surface area contributed by atoms with E-state index >= 15 is 0 Å². The first-order chi connectivity index (χ1) is 19.6. The molecule has 0 saturated heterocycles. The highest BCUT2D eigenvalue weighted by atomic mass is 32.1. The average Bonchev–Trinajstić information content (AvgIpc) is 3.39. The second-order valence-electron chi connectivity index (χ2n) is 12.7. The molecule has 0 amide bonds. The molecule has 0 radical (unpaired) electrons. The number of fused-ring (bicyclic) bond motifs is 2. The smallest absolute Gasteiger partial charge is 0.126 e. The quantitative estimate of drug-likeness (QED) is 0.204. The van der Waals surface area contributed by atoms with Crippen LogP contribution in [0, 0.1) is 0 Å². The monoisotopic (exact) mass is 553 g/mol. The Balaban J connectivity index is 1.43. The molecule has 0 N–H and O–H groups in total. The average molecular weight is 554 g/mol. The van der Waals surface area contributed by atoms with Crippen molar-refractivity contribution < 1.29 is 0 Å². The van der Waals surface area contributed by atoms with Crippen LogP contribution in [0.1, 0.15) is 58.2 Å². The zero-order valence-electron chi connectivity index (χ0n) is 24.6. The fourth-order valence-electron chi connectivity index (χ4n) is 5.12. The fourth-order valence-corrected chi connectivity index (χ4v) is 6.14. The second-order valence-corrected chi connectivity index (χ2v) is 13.7. The lowest BCUT2D eigenvalue weighted by Gasteiger charge is -2.25. The van der Waals surface area contributed by atoms with E-state index in [1.54, 1.807) is 11.3 Å². The molecule has 0 unspecified atom stereocenters. The van der Waals surface area contributed by atoms with E-state index in [4.69, 9.17) is 9.98 Å². The molecule has 6 aromatic rings. The molecule has 3 nitrogen and oxygen atoms in total. The number of nitrogens with zero attached hydrogens (tertiary/aromatic N) is 3. The number of pyridine rings is 1. The molecule has 2 aromatic heterocycles. The van der Waals surface area contributed by atoms with Crippen LogP contribution >= 0.6 is 11.3 Å². The first-order valence-electron chi connectivity index (χ1n) is 14.1. The van der Waals surface area contributed by atoms with Crippen LogP contribution in [0.4, 0.5) is 5.69 Å². The van der Waals surface area contributed by atoms with Gasteiger partial charge in [-0.15, -0.1) is 11.3 Å². The van der Waals surface area contributed by atoms with Gasteiger partial charge < -0.3 is 0 Å². The minimum Gasteiger partial charge on any atom is -0.256 e. The number of hydrogen-bond acceptors (Lipinski definition) is 4. The summed E-state index contributed by atoms with van der Waals surface area (Å²) in [6.07, 6.45) is 3.89. The van der Waals surface area contributed by atoms with Gasteiger partial charge in [0.15, 0.2) is 0 Å². The third kappa shape index (κ3) is 5.45. The Morgan fingerprint density at radius 3 is 2.12 bits per heavy atom. The van der Waals surface area contributed by atoms with Crippen molar-refractivity contribution in [1.82, 2.24) is 9.97 Å². The van der Waals surface area contributed by atoms with Crippen molar-refractivity contribution in [3.8, 4) is 21.7 Å². The Bertz CT molecular complexity index is 1880. The van der Waals surface area contributed by atoms with Crippen LogP contribution in [0.2, 0.25) is 0 Å². The molecular formula is C37H35N3S. The van der Waals surface area contributed by atoms with Crippen molar-refractivity contribution in [2.45, 2.75) is 52.4 Å². The maximum absolute atomic E-state index is 5.20. The van der Waals surface area contributed by atoms with Crippen LogP contribution in [0.15, 0.2) is 102 Å². The molecule has 0 aliphatic heterocycles. The van der Waals surface area contributed by atoms with Gasteiger partial charge in [0, 0.05) is 28.9 Å². The number of rotatable bonds is 4. The summed E-state index contributed by atoms with van der Waals surface area (Å²) in [5.74, 6) is 0. The van der Waals surface area contributed by atoms with E-state index in [-0.39, 0.29) is 10.8 Å². The summed E-state index contributed by atoms with van der Waals surface area (Å²) < 4.78 is 1.16. The van der Waals surface area contributed by atoms with Gasteiger partial charge in [-0.2, -0.15) is 0 Å². The predicted octanol–water partition coefficient (Wildman–Crippen LogP) is 10.5. The maximum Gasteiger partial charge on any atom is 0.126 e. The zero-order valence-corrected chi connectivity index (χ0v) is 25.4. The lowest BCUT2D eigenvalue weighted by Crippen LogP contribution is -2.17. The molecule has 41 heavy (non-hydrogen) atoms. The van der Waals surface area contributed by atoms with Crippen LogP contribution in [-0.2, 0) is 10.8 Å². The van der Waals surface area contributed by atoms with E-state index in [0.717, 1.165) is 54.1 Å². The summed E-state index contributed by atoms with van der Waals surface area (Å²) in [7, 11) is 0. The molecule has 0 aliphatic rings. The number of aromatic nitrogens is 2. The normalized spacial score (nSPS) is 12.5. The Labute approximate surface area is 246 Å². The summed E-state index contributed by atoms with van der Waals surface area (Å²) in [5.41, 5.74) is 10.1. The molecular weight excluding hydrogens is 518 g/mol. The number of benzene rings is 4. The molecule has 4 heteroatoms. The Kier molecular flexibility index (Phi) is 6.83. The fraction of sp³-hybridized carbons (Fsp3) is 0.216. The number of para-hydroxylation sites is 3. The molecule has 0 atom stereocenters. The lowest BCUT2D eigenvalue weighted by atomic mass is 9.79. The largest absolute Gasteiger partial charge is 0.256 e. The third-order valence-electron chi connectivity index (χ3n) is 7.53. The first-order valence-corrected chi connectivity index (χ1v) is 14.9. The Hall–Kier alpha value is -4.15. The highest BCUT2D eigenvalue weighted by molar-refractivity contribution is 7.21. The maximum atomic E-state index is 5.20. The number of hydrogen-bond donors (Lipinski definition) is 0. The molecule has 0 fully saturated rings. The van der Waals surface area contributed by atoms with Crippen molar-refractivity contribution in [2.75, 3.05) is 0 Å². The highest BCUT2D eigenvalue weighted by Gasteiger charge is 2.20. The van der Waals surface area contributed by atoms with Crippen molar-refractivity contribution in [3.63, 3.8) is 0 Å². The van der Waals surface area contributed by atoms with Gasteiger partial charge in [0.1, 0.15) is 5.01 Å². The molecule has 0 aliphatic carbocycles. The molecule has 0 saturated carbocycles. The summed E-state index contributed by atoms with van der Waals surface area (Å²) in [5, 5.41) is 2.10. The van der Waals surface area contributed by atoms with E-state index in [0.29, 0.717) is 0 Å². The Morgan fingerprint density at radius 2 is 1.37 bits per heavy atom. The first kappa shape index (κ1) is 27.0. The van der Waals surface area contributed by atoms with E-state index in [1.807, 2.05) is 24.5 Å². The standard InChI is InChI=1S/C37H35N3S/c1-36(2,3)25-20-24(21-26(22-25)37(4,5)6)23-39-32-16-10-8-13-30(32)35-40-34-29(14-11-17-33(34)41-35)27-18-19-38-31-15-9-7-12-28(27)31/h7-23H,1-6H3. The van der Waals surface area contributed by atoms with Crippen molar-refractivity contribution in [1.29, 1.82) is 0 Å². The van der Waals surface area contributed by atoms with Crippen LogP contribution in [0.25, 0.3) is 42.8 Å². The van der Waals surface area contributed by atoms with Gasteiger partial charge in [0.25, 0.3) is 0 Å². The van der Waals surface area contributed by atoms with Crippen LogP contribution in [-0.4, -0.2) is 16.2 Å². The lowest BCUT2D eigenvalue weighted by molar-refractivity contribution is 0.568. The van der Waals surface area contributed by atoms with Gasteiger partial charge in [-0.05, 0) is 75.5 Å². The summed E-state index contributed by atoms with van der Waals surface area (Å²) in [6.45, 7) is 13.6. The summed E-state index contributed by atoms with van der Waals surface area (Å²) >= 11 is 1.71. The van der Waals surface area contributed by atoms with Crippen molar-refractivity contribution in [3.05, 3.63) is 114 Å². The number of aliphatic imine (C=N–C) groups is 1. The second kappa shape index (κ2) is 10.4. The van der Waals surface area contributed by atoms with E-state index in [1.165, 1.54) is 11.1 Å². The highest BCUT2D eigenvalue weighted by Crippen LogP contribution is 2.40. The molecule has 4 aromatic carbocycles. The van der Waals surface area contributed by atoms with E-state index in [9.17, 15) is 0 Å². The van der Waals surface area contributed by atoms with Crippen molar-refractivity contribution >= 4 is 44.4 Å². The van der Waals surface area contributed by atoms with E-state index in [2.05, 4.69) is 125 Å². The molecule has 2 heterocycles. The van der Waals surface area contributed by atoms with Gasteiger partial charge >= 0.3 is 0 Å².